The minimum atomic E-state index is 0.401. The van der Waals surface area contributed by atoms with Gasteiger partial charge in [0.25, 0.3) is 0 Å². The molecular weight excluding hydrogens is 339 g/mol. The molecule has 0 saturated heterocycles. The lowest BCUT2D eigenvalue weighted by atomic mass is 10.1. The second-order valence-corrected chi connectivity index (χ2v) is 5.93. The lowest BCUT2D eigenvalue weighted by Gasteiger charge is -2.10. The maximum absolute atomic E-state index is 4.65. The smallest absolute Gasteiger partial charge is 0.0757 e. The van der Waals surface area contributed by atoms with E-state index in [1.54, 1.807) is 0 Å². The van der Waals surface area contributed by atoms with Crippen molar-refractivity contribution in [2.45, 2.75) is 46.1 Å². The van der Waals surface area contributed by atoms with Gasteiger partial charge in [-0.3, -0.25) is 9.78 Å². The maximum atomic E-state index is 4.65. The van der Waals surface area contributed by atoms with E-state index in [9.17, 15) is 0 Å². The predicted molar refractivity (Wildman–Crippen MR) is 80.7 cm³/mol. The van der Waals surface area contributed by atoms with Crippen molar-refractivity contribution in [1.82, 2.24) is 20.0 Å². The van der Waals surface area contributed by atoms with Crippen molar-refractivity contribution in [2.75, 3.05) is 0 Å². The summed E-state index contributed by atoms with van der Waals surface area (Å²) in [4.78, 5) is 0. The Morgan fingerprint density at radius 1 is 1.50 bits per heavy atom. The van der Waals surface area contributed by atoms with Gasteiger partial charge in [0, 0.05) is 24.4 Å². The van der Waals surface area contributed by atoms with Crippen LogP contribution in [0.25, 0.3) is 0 Å². The Hall–Kier alpha value is -0.850. The molecular formula is C13H19IN4. The molecule has 2 rings (SSSR count). The Morgan fingerprint density at radius 2 is 2.28 bits per heavy atom. The zero-order valence-corrected chi connectivity index (χ0v) is 13.2. The summed E-state index contributed by atoms with van der Waals surface area (Å²) in [6.45, 7) is 7.37. The first kappa shape index (κ1) is 13.6. The predicted octanol–water partition coefficient (Wildman–Crippen LogP) is 3.28. The van der Waals surface area contributed by atoms with Crippen molar-refractivity contribution in [3.63, 3.8) is 0 Å². The van der Waals surface area contributed by atoms with Crippen LogP contribution in [-0.4, -0.2) is 20.0 Å². The van der Waals surface area contributed by atoms with Gasteiger partial charge in [0.1, 0.15) is 0 Å². The third kappa shape index (κ3) is 2.93. The number of hydrogen-bond donors (Lipinski definition) is 1. The van der Waals surface area contributed by atoms with E-state index in [2.05, 4.69) is 69.5 Å². The molecule has 18 heavy (non-hydrogen) atoms. The van der Waals surface area contributed by atoms with E-state index in [4.69, 9.17) is 0 Å². The van der Waals surface area contributed by atoms with Gasteiger partial charge in [0.05, 0.1) is 15.5 Å². The van der Waals surface area contributed by atoms with Crippen LogP contribution in [0, 0.1) is 10.5 Å². The monoisotopic (exact) mass is 358 g/mol. The maximum Gasteiger partial charge on any atom is 0.0757 e. The van der Waals surface area contributed by atoms with E-state index in [1.807, 2.05) is 6.20 Å². The first-order chi connectivity index (χ1) is 8.61. The van der Waals surface area contributed by atoms with Crippen LogP contribution in [0.15, 0.2) is 12.4 Å². The van der Waals surface area contributed by atoms with E-state index in [1.165, 1.54) is 20.5 Å². The highest BCUT2D eigenvalue weighted by atomic mass is 127. The summed E-state index contributed by atoms with van der Waals surface area (Å²) >= 11 is 2.37. The molecule has 1 atom stereocenters. The Morgan fingerprint density at radius 3 is 2.89 bits per heavy atom. The van der Waals surface area contributed by atoms with Crippen LogP contribution >= 0.6 is 22.6 Å². The summed E-state index contributed by atoms with van der Waals surface area (Å²) < 4.78 is 3.32. The number of aromatic nitrogens is 4. The number of nitrogens with zero attached hydrogens (tertiary/aromatic N) is 3. The van der Waals surface area contributed by atoms with Crippen molar-refractivity contribution in [3.05, 3.63) is 32.9 Å². The van der Waals surface area contributed by atoms with Gasteiger partial charge in [-0.15, -0.1) is 0 Å². The van der Waals surface area contributed by atoms with Crippen molar-refractivity contribution in [1.29, 1.82) is 0 Å². The van der Waals surface area contributed by atoms with E-state index in [-0.39, 0.29) is 0 Å². The number of H-pyrrole nitrogens is 1. The first-order valence-corrected chi connectivity index (χ1v) is 7.41. The molecule has 2 aromatic heterocycles. The molecule has 1 N–H and O–H groups in total. The molecule has 0 aliphatic heterocycles. The first-order valence-electron chi connectivity index (χ1n) is 6.33. The Bertz CT molecular complexity index is 515. The number of hydrogen-bond acceptors (Lipinski definition) is 2. The van der Waals surface area contributed by atoms with Crippen LogP contribution in [0.4, 0.5) is 0 Å². The van der Waals surface area contributed by atoms with Crippen LogP contribution < -0.4 is 0 Å². The molecule has 4 nitrogen and oxygen atoms in total. The molecule has 0 aromatic carbocycles. The standard InChI is InChI=1S/C13H19IN4/c1-4-5-12-11(14)8-18(17-12)7-10(3)13-9(2)6-15-16-13/h6,8,10H,4-5,7H2,1-3H3,(H,15,16). The van der Waals surface area contributed by atoms with Crippen molar-refractivity contribution in [2.24, 2.45) is 0 Å². The van der Waals surface area contributed by atoms with Gasteiger partial charge in [-0.1, -0.05) is 20.3 Å². The van der Waals surface area contributed by atoms with Gasteiger partial charge < -0.3 is 0 Å². The van der Waals surface area contributed by atoms with Crippen LogP contribution in [0.5, 0.6) is 0 Å². The zero-order valence-electron chi connectivity index (χ0n) is 11.1. The second-order valence-electron chi connectivity index (χ2n) is 4.76. The minimum absolute atomic E-state index is 0.401. The van der Waals surface area contributed by atoms with Gasteiger partial charge in [-0.25, -0.2) is 0 Å². The van der Waals surface area contributed by atoms with Crippen LogP contribution in [0.1, 0.15) is 43.1 Å². The van der Waals surface area contributed by atoms with Crippen LogP contribution in [0.2, 0.25) is 0 Å². The van der Waals surface area contributed by atoms with Gasteiger partial charge in [0.2, 0.25) is 0 Å². The third-order valence-electron chi connectivity index (χ3n) is 3.10. The van der Waals surface area contributed by atoms with Gasteiger partial charge in [-0.2, -0.15) is 10.2 Å². The summed E-state index contributed by atoms with van der Waals surface area (Å²) in [5.41, 5.74) is 3.64. The molecule has 0 aliphatic carbocycles. The number of aromatic amines is 1. The molecule has 98 valence electrons. The highest BCUT2D eigenvalue weighted by molar-refractivity contribution is 14.1. The summed E-state index contributed by atoms with van der Waals surface area (Å²) in [6.07, 6.45) is 6.21. The van der Waals surface area contributed by atoms with Crippen LogP contribution in [-0.2, 0) is 13.0 Å². The number of aryl methyl sites for hydroxylation is 2. The number of halogens is 1. The normalized spacial score (nSPS) is 12.9. The van der Waals surface area contributed by atoms with Gasteiger partial charge in [0.15, 0.2) is 0 Å². The second kappa shape index (κ2) is 5.86. The fourth-order valence-corrected chi connectivity index (χ4v) is 2.86. The average molecular weight is 358 g/mol. The number of rotatable bonds is 5. The minimum Gasteiger partial charge on any atom is -0.282 e. The molecule has 0 bridgehead atoms. The average Bonchev–Trinajstić information content (AvgIpc) is 2.87. The third-order valence-corrected chi connectivity index (χ3v) is 4.00. The molecule has 0 saturated carbocycles. The van der Waals surface area contributed by atoms with Crippen molar-refractivity contribution in [3.8, 4) is 0 Å². The lowest BCUT2D eigenvalue weighted by molar-refractivity contribution is 0.527. The summed E-state index contributed by atoms with van der Waals surface area (Å²) in [6, 6.07) is 0. The van der Waals surface area contributed by atoms with Gasteiger partial charge in [-0.05, 0) is 41.5 Å². The number of nitrogens with one attached hydrogen (secondary N) is 1. The molecule has 0 amide bonds. The molecule has 2 aromatic rings. The summed E-state index contributed by atoms with van der Waals surface area (Å²) in [5.74, 6) is 0.401. The summed E-state index contributed by atoms with van der Waals surface area (Å²) in [7, 11) is 0. The van der Waals surface area contributed by atoms with E-state index >= 15 is 0 Å². The topological polar surface area (TPSA) is 46.5 Å². The molecule has 0 fully saturated rings. The molecule has 5 heteroatoms. The fourth-order valence-electron chi connectivity index (χ4n) is 2.16. The quantitative estimate of drug-likeness (QED) is 0.834. The SMILES string of the molecule is CCCc1nn(CC(C)c2[nH]ncc2C)cc1I. The molecule has 0 spiro atoms. The highest BCUT2D eigenvalue weighted by Crippen LogP contribution is 2.19. The highest BCUT2D eigenvalue weighted by Gasteiger charge is 2.13. The van der Waals surface area contributed by atoms with E-state index in [0.717, 1.165) is 19.4 Å². The van der Waals surface area contributed by atoms with Crippen molar-refractivity contribution >= 4 is 22.6 Å². The van der Waals surface area contributed by atoms with Crippen LogP contribution in [0.3, 0.4) is 0 Å². The zero-order chi connectivity index (χ0) is 13.1. The fraction of sp³-hybridized carbons (Fsp3) is 0.538. The Labute approximate surface area is 121 Å². The summed E-state index contributed by atoms with van der Waals surface area (Å²) in [5, 5.41) is 11.8. The van der Waals surface area contributed by atoms with Gasteiger partial charge >= 0.3 is 0 Å². The van der Waals surface area contributed by atoms with E-state index < -0.39 is 0 Å². The Balaban J connectivity index is 2.10. The Kier molecular flexibility index (Phi) is 4.42. The largest absolute Gasteiger partial charge is 0.282 e. The molecule has 2 heterocycles. The molecule has 0 radical (unpaired) electrons. The van der Waals surface area contributed by atoms with Crippen molar-refractivity contribution < 1.29 is 0 Å². The lowest BCUT2D eigenvalue weighted by Crippen LogP contribution is -2.08. The van der Waals surface area contributed by atoms with E-state index in [0.29, 0.717) is 5.92 Å². The molecule has 1 unspecified atom stereocenters. The molecule has 0 aliphatic rings.